The molecule has 1 heterocycles. The number of rotatable bonds is 4. The van der Waals surface area contributed by atoms with Crippen LogP contribution in [0.15, 0.2) is 18.2 Å². The van der Waals surface area contributed by atoms with Gasteiger partial charge in [-0.05, 0) is 44.5 Å². The van der Waals surface area contributed by atoms with Gasteiger partial charge in [0.15, 0.2) is 0 Å². The minimum Gasteiger partial charge on any atom is -0.369 e. The lowest BCUT2D eigenvalue weighted by molar-refractivity contribution is -0.384. The predicted octanol–water partition coefficient (Wildman–Crippen LogP) is 2.24. The number of nitriles is 1. The topological polar surface area (TPSA) is 73.4 Å². The first-order valence-electron chi connectivity index (χ1n) is 7.09. The van der Waals surface area contributed by atoms with E-state index in [0.717, 1.165) is 26.1 Å². The molecular formula is C15H20N4O2. The van der Waals surface area contributed by atoms with E-state index >= 15 is 0 Å². The van der Waals surface area contributed by atoms with E-state index in [9.17, 15) is 10.1 Å². The van der Waals surface area contributed by atoms with Crippen LogP contribution >= 0.6 is 0 Å². The van der Waals surface area contributed by atoms with Crippen LogP contribution in [0.4, 0.5) is 11.4 Å². The maximum atomic E-state index is 11.2. The average molecular weight is 288 g/mol. The largest absolute Gasteiger partial charge is 0.369 e. The molecule has 1 unspecified atom stereocenters. The highest BCUT2D eigenvalue weighted by Crippen LogP contribution is 2.29. The lowest BCUT2D eigenvalue weighted by Crippen LogP contribution is -2.38. The molecule has 1 aromatic carbocycles. The molecular weight excluding hydrogens is 268 g/mol. The van der Waals surface area contributed by atoms with E-state index in [0.29, 0.717) is 17.2 Å². The highest BCUT2D eigenvalue weighted by Gasteiger charge is 2.23. The van der Waals surface area contributed by atoms with E-state index in [2.05, 4.69) is 11.9 Å². The molecule has 0 N–H and O–H groups in total. The number of nitro groups is 1. The number of hydrogen-bond acceptors (Lipinski definition) is 5. The zero-order valence-electron chi connectivity index (χ0n) is 12.5. The zero-order valence-corrected chi connectivity index (χ0v) is 12.5. The second-order valence-corrected chi connectivity index (χ2v) is 5.72. The molecule has 0 saturated carbocycles. The Bertz CT molecular complexity index is 567. The summed E-state index contributed by atoms with van der Waals surface area (Å²) in [6, 6.07) is 6.59. The Hall–Kier alpha value is -2.13. The van der Waals surface area contributed by atoms with Crippen LogP contribution in [-0.2, 0) is 0 Å². The van der Waals surface area contributed by atoms with E-state index in [1.807, 2.05) is 18.0 Å². The van der Waals surface area contributed by atoms with Gasteiger partial charge in [-0.3, -0.25) is 10.1 Å². The molecule has 0 aromatic heterocycles. The fourth-order valence-corrected chi connectivity index (χ4v) is 2.97. The molecule has 6 heteroatoms. The molecule has 0 aliphatic carbocycles. The molecule has 0 bridgehead atoms. The lowest BCUT2D eigenvalue weighted by atomic mass is 9.97. The Labute approximate surface area is 124 Å². The highest BCUT2D eigenvalue weighted by atomic mass is 16.6. The van der Waals surface area contributed by atoms with Crippen LogP contribution in [0.25, 0.3) is 0 Å². The summed E-state index contributed by atoms with van der Waals surface area (Å²) in [6.07, 6.45) is 2.32. The smallest absolute Gasteiger partial charge is 0.293 e. The molecule has 112 valence electrons. The Morgan fingerprint density at radius 1 is 1.57 bits per heavy atom. The normalized spacial score (nSPS) is 19.0. The van der Waals surface area contributed by atoms with E-state index in [1.54, 1.807) is 12.1 Å². The fraction of sp³-hybridized carbons (Fsp3) is 0.533. The monoisotopic (exact) mass is 288 g/mol. The van der Waals surface area contributed by atoms with Gasteiger partial charge >= 0.3 is 0 Å². The van der Waals surface area contributed by atoms with Gasteiger partial charge in [-0.2, -0.15) is 5.26 Å². The summed E-state index contributed by atoms with van der Waals surface area (Å²) in [5, 5.41) is 20.1. The summed E-state index contributed by atoms with van der Waals surface area (Å²) in [6.45, 7) is 2.93. The number of piperidine rings is 1. The van der Waals surface area contributed by atoms with Gasteiger partial charge in [0.05, 0.1) is 16.6 Å². The summed E-state index contributed by atoms with van der Waals surface area (Å²) < 4.78 is 0. The zero-order chi connectivity index (χ0) is 15.4. The molecule has 2 rings (SSSR count). The van der Waals surface area contributed by atoms with Crippen molar-refractivity contribution in [3.63, 3.8) is 0 Å². The van der Waals surface area contributed by atoms with Crippen LogP contribution in [0.5, 0.6) is 0 Å². The van der Waals surface area contributed by atoms with Gasteiger partial charge in [0.25, 0.3) is 5.69 Å². The molecule has 1 aromatic rings. The van der Waals surface area contributed by atoms with Crippen molar-refractivity contribution in [1.29, 1.82) is 5.26 Å². The van der Waals surface area contributed by atoms with Crippen molar-refractivity contribution in [3.05, 3.63) is 33.9 Å². The number of benzene rings is 1. The molecule has 1 fully saturated rings. The standard InChI is InChI=1S/C15H20N4O2/c1-17-7-3-4-13(10-17)11-18(2)14-6-5-12(9-16)8-15(14)19(20)21/h5-6,8,13H,3-4,7,10-11H2,1-2H3. The lowest BCUT2D eigenvalue weighted by Gasteiger charge is -2.33. The first-order chi connectivity index (χ1) is 10.0. The van der Waals surface area contributed by atoms with Gasteiger partial charge in [-0.15, -0.1) is 0 Å². The summed E-state index contributed by atoms with van der Waals surface area (Å²) in [5.41, 5.74) is 0.893. The Balaban J connectivity index is 2.16. The maximum Gasteiger partial charge on any atom is 0.293 e. The Morgan fingerprint density at radius 2 is 2.33 bits per heavy atom. The van der Waals surface area contributed by atoms with Gasteiger partial charge in [0.1, 0.15) is 5.69 Å². The second kappa shape index (κ2) is 6.55. The van der Waals surface area contributed by atoms with E-state index in [-0.39, 0.29) is 5.69 Å². The molecule has 1 aliphatic heterocycles. The van der Waals surface area contributed by atoms with E-state index in [1.165, 1.54) is 12.5 Å². The molecule has 0 amide bonds. The average Bonchev–Trinajstić information content (AvgIpc) is 2.46. The minimum atomic E-state index is -0.417. The molecule has 1 aliphatic rings. The molecule has 21 heavy (non-hydrogen) atoms. The van der Waals surface area contributed by atoms with Crippen LogP contribution < -0.4 is 4.90 Å². The molecule has 0 radical (unpaired) electrons. The molecule has 6 nitrogen and oxygen atoms in total. The number of nitrogens with zero attached hydrogens (tertiary/aromatic N) is 4. The van der Waals surface area contributed by atoms with Gasteiger partial charge in [0, 0.05) is 26.2 Å². The number of nitro benzene ring substituents is 1. The van der Waals surface area contributed by atoms with Crippen molar-refractivity contribution in [2.45, 2.75) is 12.8 Å². The van der Waals surface area contributed by atoms with Crippen molar-refractivity contribution in [1.82, 2.24) is 4.90 Å². The summed E-state index contributed by atoms with van der Waals surface area (Å²) >= 11 is 0. The quantitative estimate of drug-likeness (QED) is 0.627. The number of likely N-dealkylation sites (tertiary alicyclic amines) is 1. The Kier molecular flexibility index (Phi) is 4.76. The number of hydrogen-bond donors (Lipinski definition) is 0. The molecule has 1 saturated heterocycles. The third-order valence-electron chi connectivity index (χ3n) is 3.97. The van der Waals surface area contributed by atoms with Crippen LogP contribution in [-0.4, -0.2) is 43.6 Å². The number of anilines is 1. The van der Waals surface area contributed by atoms with Crippen LogP contribution in [0.2, 0.25) is 0 Å². The Morgan fingerprint density at radius 3 is 2.95 bits per heavy atom. The van der Waals surface area contributed by atoms with Gasteiger partial charge in [0.2, 0.25) is 0 Å². The van der Waals surface area contributed by atoms with Crippen LogP contribution in [0, 0.1) is 27.4 Å². The van der Waals surface area contributed by atoms with Crippen molar-refractivity contribution in [3.8, 4) is 6.07 Å². The third kappa shape index (κ3) is 3.70. The highest BCUT2D eigenvalue weighted by molar-refractivity contribution is 5.65. The first-order valence-corrected chi connectivity index (χ1v) is 7.09. The SMILES string of the molecule is CN1CCCC(CN(C)c2ccc(C#N)cc2[N+](=O)[O-])C1. The maximum absolute atomic E-state index is 11.2. The van der Waals surface area contributed by atoms with Gasteiger partial charge in [-0.1, -0.05) is 0 Å². The molecule has 0 spiro atoms. The van der Waals surface area contributed by atoms with Gasteiger partial charge < -0.3 is 9.80 Å². The minimum absolute atomic E-state index is 0.000661. The van der Waals surface area contributed by atoms with E-state index in [4.69, 9.17) is 5.26 Å². The van der Waals surface area contributed by atoms with Crippen LogP contribution in [0.1, 0.15) is 18.4 Å². The summed E-state index contributed by atoms with van der Waals surface area (Å²) in [4.78, 5) is 15.0. The first kappa shape index (κ1) is 15.3. The fourth-order valence-electron chi connectivity index (χ4n) is 2.97. The summed E-state index contributed by atoms with van der Waals surface area (Å²) in [5.74, 6) is 0.518. The summed E-state index contributed by atoms with van der Waals surface area (Å²) in [7, 11) is 3.99. The van der Waals surface area contributed by atoms with E-state index < -0.39 is 4.92 Å². The second-order valence-electron chi connectivity index (χ2n) is 5.72. The van der Waals surface area contributed by atoms with Crippen LogP contribution in [0.3, 0.4) is 0 Å². The van der Waals surface area contributed by atoms with Crippen molar-refractivity contribution < 1.29 is 4.92 Å². The molecule has 1 atom stereocenters. The van der Waals surface area contributed by atoms with Crippen molar-refractivity contribution in [2.75, 3.05) is 38.6 Å². The predicted molar refractivity (Wildman–Crippen MR) is 81.3 cm³/mol. The third-order valence-corrected chi connectivity index (χ3v) is 3.97. The van der Waals surface area contributed by atoms with Gasteiger partial charge in [-0.25, -0.2) is 0 Å². The van der Waals surface area contributed by atoms with Crippen molar-refractivity contribution >= 4 is 11.4 Å². The van der Waals surface area contributed by atoms with Crippen molar-refractivity contribution in [2.24, 2.45) is 5.92 Å².